The first-order valence-corrected chi connectivity index (χ1v) is 6.98. The Hall–Kier alpha value is -2.13. The van der Waals surface area contributed by atoms with Gasteiger partial charge < -0.3 is 5.32 Å². The van der Waals surface area contributed by atoms with E-state index in [4.69, 9.17) is 11.6 Å². The Morgan fingerprint density at radius 1 is 0.950 bits per heavy atom. The molecule has 3 nitrogen and oxygen atoms in total. The summed E-state index contributed by atoms with van der Waals surface area (Å²) in [6, 6.07) is 16.2. The Kier molecular flexibility index (Phi) is 3.79. The van der Waals surface area contributed by atoms with Gasteiger partial charge in [-0.1, -0.05) is 42.5 Å². The molecule has 0 fully saturated rings. The maximum atomic E-state index is 5.79. The lowest BCUT2D eigenvalue weighted by Gasteiger charge is -2.09. The van der Waals surface area contributed by atoms with Gasteiger partial charge in [-0.15, -0.1) is 11.6 Å². The average molecular weight is 284 g/mol. The molecule has 0 unspecified atom stereocenters. The van der Waals surface area contributed by atoms with Crippen molar-refractivity contribution in [1.82, 2.24) is 10.2 Å². The minimum Gasteiger partial charge on any atom is -0.379 e. The van der Waals surface area contributed by atoms with Crippen LogP contribution in [0.1, 0.15) is 11.1 Å². The van der Waals surface area contributed by atoms with E-state index in [2.05, 4.69) is 27.6 Å². The monoisotopic (exact) mass is 283 g/mol. The molecule has 1 aromatic heterocycles. The van der Waals surface area contributed by atoms with Crippen molar-refractivity contribution in [3.63, 3.8) is 0 Å². The van der Waals surface area contributed by atoms with E-state index in [1.807, 2.05) is 36.4 Å². The number of nitrogens with zero attached hydrogens (tertiary/aromatic N) is 2. The van der Waals surface area contributed by atoms with Crippen molar-refractivity contribution in [2.24, 2.45) is 0 Å². The molecule has 0 atom stereocenters. The van der Waals surface area contributed by atoms with Crippen LogP contribution in [-0.4, -0.2) is 10.2 Å². The van der Waals surface area contributed by atoms with Crippen molar-refractivity contribution in [3.8, 4) is 0 Å². The molecule has 0 bridgehead atoms. The minimum atomic E-state index is 0.548. The zero-order chi connectivity index (χ0) is 13.8. The van der Waals surface area contributed by atoms with Gasteiger partial charge in [0.15, 0.2) is 0 Å². The Morgan fingerprint density at radius 2 is 1.70 bits per heavy atom. The van der Waals surface area contributed by atoms with E-state index in [1.165, 1.54) is 5.56 Å². The summed E-state index contributed by atoms with van der Waals surface area (Å²) in [7, 11) is 0. The molecule has 0 saturated heterocycles. The number of halogens is 1. The van der Waals surface area contributed by atoms with Gasteiger partial charge in [0.05, 0.1) is 17.4 Å². The maximum Gasteiger partial charge on any atom is 0.0950 e. The maximum absolute atomic E-state index is 5.79. The first-order valence-electron chi connectivity index (χ1n) is 6.45. The number of fused-ring (bicyclic) bond motifs is 1. The molecular weight excluding hydrogens is 270 g/mol. The van der Waals surface area contributed by atoms with Crippen LogP contribution in [0.25, 0.3) is 10.9 Å². The van der Waals surface area contributed by atoms with Gasteiger partial charge in [-0.25, -0.2) is 0 Å². The lowest BCUT2D eigenvalue weighted by Crippen LogP contribution is -2.01. The normalized spacial score (nSPS) is 10.7. The summed E-state index contributed by atoms with van der Waals surface area (Å²) >= 11 is 5.79. The zero-order valence-corrected chi connectivity index (χ0v) is 11.6. The van der Waals surface area contributed by atoms with E-state index in [-0.39, 0.29) is 0 Å². The van der Waals surface area contributed by atoms with Gasteiger partial charge in [0.2, 0.25) is 0 Å². The summed E-state index contributed by atoms with van der Waals surface area (Å²) in [6.45, 7) is 0.748. The van der Waals surface area contributed by atoms with Crippen molar-refractivity contribution in [2.75, 3.05) is 5.32 Å². The fraction of sp³-hybridized carbons (Fsp3) is 0.125. The summed E-state index contributed by atoms with van der Waals surface area (Å²) < 4.78 is 0. The Labute approximate surface area is 122 Å². The third-order valence-corrected chi connectivity index (χ3v) is 3.52. The highest BCUT2D eigenvalue weighted by atomic mass is 35.5. The summed E-state index contributed by atoms with van der Waals surface area (Å²) in [5.74, 6) is 0.548. The lowest BCUT2D eigenvalue weighted by molar-refractivity contribution is 1.06. The van der Waals surface area contributed by atoms with Crippen molar-refractivity contribution in [3.05, 3.63) is 65.9 Å². The molecule has 0 aliphatic heterocycles. The van der Waals surface area contributed by atoms with Crippen molar-refractivity contribution in [1.29, 1.82) is 0 Å². The van der Waals surface area contributed by atoms with Crippen LogP contribution >= 0.6 is 11.6 Å². The molecule has 0 radical (unpaired) electrons. The molecule has 0 saturated carbocycles. The molecule has 100 valence electrons. The second-order valence-corrected chi connectivity index (χ2v) is 4.85. The van der Waals surface area contributed by atoms with Crippen LogP contribution in [0.15, 0.2) is 54.7 Å². The third kappa shape index (κ3) is 2.73. The number of aromatic nitrogens is 2. The molecule has 1 heterocycles. The first-order chi connectivity index (χ1) is 9.86. The van der Waals surface area contributed by atoms with Crippen LogP contribution in [0, 0.1) is 0 Å². The molecule has 0 spiro atoms. The summed E-state index contributed by atoms with van der Waals surface area (Å²) in [6.07, 6.45) is 1.76. The smallest absolute Gasteiger partial charge is 0.0950 e. The van der Waals surface area contributed by atoms with Crippen molar-refractivity contribution in [2.45, 2.75) is 12.4 Å². The summed E-state index contributed by atoms with van der Waals surface area (Å²) in [5.41, 5.74) is 4.23. The van der Waals surface area contributed by atoms with E-state index >= 15 is 0 Å². The number of hydrogen-bond donors (Lipinski definition) is 1. The van der Waals surface area contributed by atoms with Gasteiger partial charge in [0, 0.05) is 17.8 Å². The van der Waals surface area contributed by atoms with Crippen LogP contribution in [0.5, 0.6) is 0 Å². The molecule has 20 heavy (non-hydrogen) atoms. The molecule has 0 amide bonds. The van der Waals surface area contributed by atoms with E-state index in [9.17, 15) is 0 Å². The Balaban J connectivity index is 1.79. The van der Waals surface area contributed by atoms with Gasteiger partial charge in [-0.3, -0.25) is 0 Å². The number of benzene rings is 2. The number of alkyl halides is 1. The molecule has 0 aliphatic carbocycles. The highest BCUT2D eigenvalue weighted by Gasteiger charge is 2.02. The van der Waals surface area contributed by atoms with Crippen LogP contribution in [0.4, 0.5) is 5.69 Å². The topological polar surface area (TPSA) is 37.8 Å². The predicted octanol–water partition coefficient (Wildman–Crippen LogP) is 3.98. The average Bonchev–Trinajstić information content (AvgIpc) is 2.53. The quantitative estimate of drug-likeness (QED) is 0.736. The molecule has 3 aromatic rings. The number of nitrogens with one attached hydrogen (secondary N) is 1. The largest absolute Gasteiger partial charge is 0.379 e. The molecule has 1 N–H and O–H groups in total. The lowest BCUT2D eigenvalue weighted by atomic mass is 10.1. The second kappa shape index (κ2) is 5.88. The highest BCUT2D eigenvalue weighted by molar-refractivity contribution is 6.17. The van der Waals surface area contributed by atoms with Gasteiger partial charge in [0.1, 0.15) is 0 Å². The molecule has 2 aromatic carbocycles. The first kappa shape index (κ1) is 12.9. The van der Waals surface area contributed by atoms with Gasteiger partial charge in [0.25, 0.3) is 0 Å². The standard InChI is InChI=1S/C16H14ClN3/c17-9-12-5-7-13(8-6-12)10-18-16-11-19-20-15-4-2-1-3-14(15)16/h1-8,11H,9-10H2,(H,18,20). The summed E-state index contributed by atoms with van der Waals surface area (Å²) in [5, 5.41) is 12.6. The number of anilines is 1. The Morgan fingerprint density at radius 3 is 2.50 bits per heavy atom. The van der Waals surface area contributed by atoms with Crippen LogP contribution in [0.2, 0.25) is 0 Å². The van der Waals surface area contributed by atoms with Crippen molar-refractivity contribution < 1.29 is 0 Å². The number of rotatable bonds is 4. The third-order valence-electron chi connectivity index (χ3n) is 3.21. The predicted molar refractivity (Wildman–Crippen MR) is 82.9 cm³/mol. The second-order valence-electron chi connectivity index (χ2n) is 4.58. The molecule has 0 aliphatic rings. The fourth-order valence-electron chi connectivity index (χ4n) is 2.09. The number of hydrogen-bond acceptors (Lipinski definition) is 3. The van der Waals surface area contributed by atoms with E-state index in [0.717, 1.165) is 28.7 Å². The fourth-order valence-corrected chi connectivity index (χ4v) is 2.27. The van der Waals surface area contributed by atoms with E-state index in [0.29, 0.717) is 5.88 Å². The van der Waals surface area contributed by atoms with E-state index in [1.54, 1.807) is 6.20 Å². The summed E-state index contributed by atoms with van der Waals surface area (Å²) in [4.78, 5) is 0. The minimum absolute atomic E-state index is 0.548. The molecule has 3 rings (SSSR count). The molecular formula is C16H14ClN3. The van der Waals surface area contributed by atoms with Crippen molar-refractivity contribution >= 4 is 28.2 Å². The Bertz CT molecular complexity index is 705. The highest BCUT2D eigenvalue weighted by Crippen LogP contribution is 2.20. The van der Waals surface area contributed by atoms with Crippen LogP contribution in [-0.2, 0) is 12.4 Å². The zero-order valence-electron chi connectivity index (χ0n) is 10.9. The molecule has 4 heteroatoms. The van der Waals surface area contributed by atoms with Gasteiger partial charge >= 0.3 is 0 Å². The van der Waals surface area contributed by atoms with Gasteiger partial charge in [-0.2, -0.15) is 10.2 Å². The SMILES string of the molecule is ClCc1ccc(CNc2cnnc3ccccc23)cc1. The van der Waals surface area contributed by atoms with Gasteiger partial charge in [-0.05, 0) is 17.2 Å². The van der Waals surface area contributed by atoms with Crippen LogP contribution < -0.4 is 5.32 Å². The van der Waals surface area contributed by atoms with E-state index < -0.39 is 0 Å². The van der Waals surface area contributed by atoms with Crippen LogP contribution in [0.3, 0.4) is 0 Å².